The lowest BCUT2D eigenvalue weighted by Crippen LogP contribution is -2.18. The van der Waals surface area contributed by atoms with E-state index in [2.05, 4.69) is 9.97 Å². The Labute approximate surface area is 156 Å². The van der Waals surface area contributed by atoms with Crippen molar-refractivity contribution >= 4 is 38.2 Å². The number of nitrogens with one attached hydrogen (secondary N) is 2. The number of nitrogens with zero attached hydrogens (tertiary/aromatic N) is 2. The number of hydrogen-bond acceptors (Lipinski definition) is 5. The first-order chi connectivity index (χ1) is 12.7. The van der Waals surface area contributed by atoms with Crippen LogP contribution in [0.15, 0.2) is 40.2 Å². The maximum atomic E-state index is 14.1. The molecule has 3 rings (SSSR count). The first-order valence-electron chi connectivity index (χ1n) is 7.28. The van der Waals surface area contributed by atoms with Crippen LogP contribution in [0, 0.1) is 23.0 Å². The Balaban J connectivity index is 2.11. The summed E-state index contributed by atoms with van der Waals surface area (Å²) in [5, 5.41) is 8.53. The molecule has 0 radical (unpaired) electrons. The predicted octanol–water partition coefficient (Wildman–Crippen LogP) is 2.72. The van der Waals surface area contributed by atoms with Gasteiger partial charge in [0.05, 0.1) is 18.2 Å². The summed E-state index contributed by atoms with van der Waals surface area (Å²) in [4.78, 5) is 17.4. The van der Waals surface area contributed by atoms with Gasteiger partial charge < -0.3 is 4.98 Å². The molecule has 138 valence electrons. The highest BCUT2D eigenvalue weighted by Crippen LogP contribution is 2.26. The lowest BCUT2D eigenvalue weighted by atomic mass is 10.1. The van der Waals surface area contributed by atoms with Gasteiger partial charge in [-0.1, -0.05) is 11.6 Å². The number of anilines is 1. The number of benzene rings is 1. The van der Waals surface area contributed by atoms with E-state index < -0.39 is 37.8 Å². The van der Waals surface area contributed by atoms with Crippen molar-refractivity contribution in [2.75, 3.05) is 4.72 Å². The van der Waals surface area contributed by atoms with Crippen LogP contribution in [0.4, 0.5) is 14.5 Å². The van der Waals surface area contributed by atoms with Crippen molar-refractivity contribution in [2.45, 2.75) is 11.3 Å². The van der Waals surface area contributed by atoms with E-state index in [9.17, 15) is 22.0 Å². The Kier molecular flexibility index (Phi) is 4.82. The SMILES string of the molecule is N#CCc1cc(F)c(NS(=O)(=O)c2c[nH]c(=O)c3nc(Cl)ccc23)cc1F. The topological polar surface area (TPSA) is 116 Å². The van der Waals surface area contributed by atoms with E-state index >= 15 is 0 Å². The Bertz CT molecular complexity index is 1270. The molecule has 0 fully saturated rings. The predicted molar refractivity (Wildman–Crippen MR) is 93.9 cm³/mol. The third-order valence-electron chi connectivity index (χ3n) is 3.62. The molecule has 7 nitrogen and oxygen atoms in total. The number of hydrogen-bond donors (Lipinski definition) is 2. The van der Waals surface area contributed by atoms with Crippen molar-refractivity contribution in [3.05, 3.63) is 63.2 Å². The second-order valence-corrected chi connectivity index (χ2v) is 7.41. The number of fused-ring (bicyclic) bond motifs is 1. The molecule has 0 unspecified atom stereocenters. The number of H-pyrrole nitrogens is 1. The third-order valence-corrected chi connectivity index (χ3v) is 5.23. The monoisotopic (exact) mass is 410 g/mol. The van der Waals surface area contributed by atoms with Crippen LogP contribution in [-0.4, -0.2) is 18.4 Å². The maximum Gasteiger partial charge on any atom is 0.274 e. The van der Waals surface area contributed by atoms with E-state index in [1.165, 1.54) is 12.1 Å². The van der Waals surface area contributed by atoms with Gasteiger partial charge in [0, 0.05) is 23.2 Å². The van der Waals surface area contributed by atoms with Crippen molar-refractivity contribution in [1.82, 2.24) is 9.97 Å². The van der Waals surface area contributed by atoms with Crippen LogP contribution in [-0.2, 0) is 16.4 Å². The molecule has 2 heterocycles. The van der Waals surface area contributed by atoms with Crippen molar-refractivity contribution in [2.24, 2.45) is 0 Å². The molecule has 27 heavy (non-hydrogen) atoms. The van der Waals surface area contributed by atoms with Crippen molar-refractivity contribution in [1.29, 1.82) is 5.26 Å². The van der Waals surface area contributed by atoms with Crippen LogP contribution >= 0.6 is 11.6 Å². The summed E-state index contributed by atoms with van der Waals surface area (Å²) in [6.07, 6.45) is 0.549. The molecule has 0 aliphatic carbocycles. The highest BCUT2D eigenvalue weighted by molar-refractivity contribution is 7.93. The van der Waals surface area contributed by atoms with Crippen molar-refractivity contribution in [3.63, 3.8) is 0 Å². The minimum Gasteiger partial charge on any atom is -0.326 e. The summed E-state index contributed by atoms with van der Waals surface area (Å²) < 4.78 is 55.3. The molecule has 0 saturated heterocycles. The smallest absolute Gasteiger partial charge is 0.274 e. The number of nitriles is 1. The average Bonchev–Trinajstić information content (AvgIpc) is 2.60. The molecule has 1 aromatic carbocycles. The van der Waals surface area contributed by atoms with E-state index in [0.717, 1.165) is 12.3 Å². The first-order valence-corrected chi connectivity index (χ1v) is 9.14. The molecule has 0 spiro atoms. The van der Waals surface area contributed by atoms with Crippen LogP contribution in [0.2, 0.25) is 5.15 Å². The molecular weight excluding hydrogens is 402 g/mol. The third kappa shape index (κ3) is 3.60. The average molecular weight is 411 g/mol. The van der Waals surface area contributed by atoms with Crippen LogP contribution in [0.25, 0.3) is 10.9 Å². The van der Waals surface area contributed by atoms with Gasteiger partial charge in [0.2, 0.25) is 0 Å². The number of halogens is 3. The summed E-state index contributed by atoms with van der Waals surface area (Å²) in [6.45, 7) is 0. The molecule has 0 aliphatic heterocycles. The minimum atomic E-state index is -4.41. The zero-order valence-corrected chi connectivity index (χ0v) is 14.8. The van der Waals surface area contributed by atoms with Gasteiger partial charge in [0.25, 0.3) is 15.6 Å². The van der Waals surface area contributed by atoms with Gasteiger partial charge in [0.1, 0.15) is 27.2 Å². The first kappa shape index (κ1) is 18.8. The molecule has 0 saturated carbocycles. The Morgan fingerprint density at radius 2 is 2.00 bits per heavy atom. The molecule has 0 aliphatic rings. The summed E-state index contributed by atoms with van der Waals surface area (Å²) in [7, 11) is -4.41. The summed E-state index contributed by atoms with van der Waals surface area (Å²) in [5.74, 6) is -1.99. The number of aromatic amines is 1. The fraction of sp³-hybridized carbons (Fsp3) is 0.0625. The van der Waals surface area contributed by atoms with Gasteiger partial charge in [-0.25, -0.2) is 22.2 Å². The lowest BCUT2D eigenvalue weighted by Gasteiger charge is -2.12. The number of rotatable bonds is 4. The lowest BCUT2D eigenvalue weighted by molar-refractivity contribution is 0.589. The fourth-order valence-electron chi connectivity index (χ4n) is 2.39. The minimum absolute atomic E-state index is 0.0169. The Hall–Kier alpha value is -3.03. The van der Waals surface area contributed by atoms with Crippen LogP contribution < -0.4 is 10.3 Å². The summed E-state index contributed by atoms with van der Waals surface area (Å²) in [6, 6.07) is 5.63. The number of aromatic nitrogens is 2. The van der Waals surface area contributed by atoms with Gasteiger partial charge in [-0.15, -0.1) is 0 Å². The fourth-order valence-corrected chi connectivity index (χ4v) is 3.77. The largest absolute Gasteiger partial charge is 0.326 e. The highest BCUT2D eigenvalue weighted by Gasteiger charge is 2.22. The zero-order chi connectivity index (χ0) is 19.8. The van der Waals surface area contributed by atoms with Crippen molar-refractivity contribution < 1.29 is 17.2 Å². The van der Waals surface area contributed by atoms with E-state index in [4.69, 9.17) is 16.9 Å². The van der Waals surface area contributed by atoms with Gasteiger partial charge in [-0.05, 0) is 18.2 Å². The quantitative estimate of drug-likeness (QED) is 0.641. The van der Waals surface area contributed by atoms with E-state index in [1.807, 2.05) is 4.72 Å². The van der Waals surface area contributed by atoms with Crippen LogP contribution in [0.1, 0.15) is 5.56 Å². The Morgan fingerprint density at radius 3 is 2.70 bits per heavy atom. The van der Waals surface area contributed by atoms with E-state index in [1.54, 1.807) is 6.07 Å². The summed E-state index contributed by atoms with van der Waals surface area (Å²) >= 11 is 5.72. The molecule has 11 heteroatoms. The van der Waals surface area contributed by atoms with Crippen LogP contribution in [0.3, 0.4) is 0 Å². The number of sulfonamides is 1. The standard InChI is InChI=1S/C16H9ClF2N4O3S/c17-14-2-1-9-13(7-21-16(24)15(9)22-14)27(25,26)23-12-6-10(18)8(3-4-20)5-11(12)19/h1-2,5-7,23H,3H2,(H,21,24). The highest BCUT2D eigenvalue weighted by atomic mass is 35.5. The Morgan fingerprint density at radius 1 is 1.26 bits per heavy atom. The van der Waals surface area contributed by atoms with Gasteiger partial charge in [0.15, 0.2) is 0 Å². The maximum absolute atomic E-state index is 14.1. The molecule has 2 N–H and O–H groups in total. The second-order valence-electron chi connectivity index (χ2n) is 5.38. The normalized spacial score (nSPS) is 11.3. The zero-order valence-electron chi connectivity index (χ0n) is 13.3. The van der Waals surface area contributed by atoms with Gasteiger partial charge in [-0.2, -0.15) is 5.26 Å². The van der Waals surface area contributed by atoms with Crippen LogP contribution in [0.5, 0.6) is 0 Å². The molecule has 0 bridgehead atoms. The molecule has 0 amide bonds. The van der Waals surface area contributed by atoms with Gasteiger partial charge in [-0.3, -0.25) is 9.52 Å². The van der Waals surface area contributed by atoms with Crippen molar-refractivity contribution in [3.8, 4) is 6.07 Å². The molecule has 2 aromatic heterocycles. The molecule has 3 aromatic rings. The molecular formula is C16H9ClF2N4O3S. The van der Waals surface area contributed by atoms with E-state index in [-0.39, 0.29) is 28.0 Å². The molecule has 0 atom stereocenters. The van der Waals surface area contributed by atoms with Gasteiger partial charge >= 0.3 is 0 Å². The second kappa shape index (κ2) is 6.94. The number of pyridine rings is 2. The van der Waals surface area contributed by atoms with E-state index in [0.29, 0.717) is 6.07 Å². The summed E-state index contributed by atoms with van der Waals surface area (Å²) in [5.41, 5.74) is -1.73.